The molecule has 0 atom stereocenters. The normalized spacial score (nSPS) is 10.3. The molecule has 98 valence electrons. The first kappa shape index (κ1) is 13.4. The third kappa shape index (κ3) is 2.85. The zero-order chi connectivity index (χ0) is 14.0. The van der Waals surface area contributed by atoms with Gasteiger partial charge in [-0.1, -0.05) is 23.7 Å². The predicted octanol–water partition coefficient (Wildman–Crippen LogP) is 4.28. The molecular formula is C14H10ClFO3. The number of rotatable bonds is 3. The fraction of sp³-hybridized carbons (Fsp3) is 0.0714. The highest BCUT2D eigenvalue weighted by atomic mass is 35.5. The van der Waals surface area contributed by atoms with Crippen molar-refractivity contribution in [3.05, 3.63) is 58.4 Å². The second-order valence-electron chi connectivity index (χ2n) is 3.93. The Bertz CT molecular complexity index is 641. The summed E-state index contributed by atoms with van der Waals surface area (Å²) in [7, 11) is 0. The van der Waals surface area contributed by atoms with E-state index >= 15 is 0 Å². The Morgan fingerprint density at radius 1 is 1.26 bits per heavy atom. The van der Waals surface area contributed by atoms with Gasteiger partial charge in [-0.05, 0) is 36.8 Å². The summed E-state index contributed by atoms with van der Waals surface area (Å²) in [5.41, 5.74) is 0.303. The van der Waals surface area contributed by atoms with E-state index in [0.29, 0.717) is 5.56 Å². The number of aromatic carboxylic acids is 1. The van der Waals surface area contributed by atoms with Crippen LogP contribution in [-0.4, -0.2) is 11.1 Å². The van der Waals surface area contributed by atoms with Crippen molar-refractivity contribution in [2.24, 2.45) is 0 Å². The van der Waals surface area contributed by atoms with Gasteiger partial charge in [-0.3, -0.25) is 0 Å². The molecular weight excluding hydrogens is 271 g/mol. The molecule has 0 aliphatic heterocycles. The molecule has 0 aromatic heterocycles. The maximum atomic E-state index is 13.8. The van der Waals surface area contributed by atoms with Gasteiger partial charge >= 0.3 is 5.97 Å². The molecule has 0 saturated heterocycles. The van der Waals surface area contributed by atoms with Crippen LogP contribution in [0.3, 0.4) is 0 Å². The van der Waals surface area contributed by atoms with E-state index in [1.807, 2.05) is 0 Å². The van der Waals surface area contributed by atoms with Crippen molar-refractivity contribution < 1.29 is 19.0 Å². The van der Waals surface area contributed by atoms with Crippen LogP contribution in [0.1, 0.15) is 15.9 Å². The summed E-state index contributed by atoms with van der Waals surface area (Å²) in [5.74, 6) is -1.69. The van der Waals surface area contributed by atoms with E-state index in [0.717, 1.165) is 0 Å². The maximum Gasteiger partial charge on any atom is 0.339 e. The Balaban J connectivity index is 2.44. The monoisotopic (exact) mass is 280 g/mol. The lowest BCUT2D eigenvalue weighted by atomic mass is 10.2. The van der Waals surface area contributed by atoms with Gasteiger partial charge in [0.15, 0.2) is 11.6 Å². The van der Waals surface area contributed by atoms with Gasteiger partial charge in [0.1, 0.15) is 11.3 Å². The number of hydrogen-bond donors (Lipinski definition) is 1. The highest BCUT2D eigenvalue weighted by Crippen LogP contribution is 2.30. The molecule has 0 heterocycles. The molecule has 5 heteroatoms. The fourth-order valence-corrected chi connectivity index (χ4v) is 1.75. The molecule has 2 aromatic carbocycles. The zero-order valence-corrected chi connectivity index (χ0v) is 10.7. The largest absolute Gasteiger partial charge is 0.478 e. The van der Waals surface area contributed by atoms with Crippen LogP contribution in [0.5, 0.6) is 11.5 Å². The topological polar surface area (TPSA) is 46.5 Å². The number of aryl methyl sites for hydroxylation is 1. The van der Waals surface area contributed by atoms with E-state index < -0.39 is 11.8 Å². The molecule has 1 N–H and O–H groups in total. The minimum Gasteiger partial charge on any atom is -0.478 e. The standard InChI is InChI=1S/C14H10ClFO3/c1-8-3-2-4-12(13(8)16)19-11-6-5-9(15)7-10(11)14(17)18/h2-7H,1H3,(H,17,18). The van der Waals surface area contributed by atoms with Crippen LogP contribution >= 0.6 is 11.6 Å². The summed E-state index contributed by atoms with van der Waals surface area (Å²) >= 11 is 5.73. The van der Waals surface area contributed by atoms with Gasteiger partial charge in [-0.25, -0.2) is 9.18 Å². The Morgan fingerprint density at radius 2 is 2.00 bits per heavy atom. The predicted molar refractivity (Wildman–Crippen MR) is 69.6 cm³/mol. The van der Waals surface area contributed by atoms with E-state index in [-0.39, 0.29) is 22.1 Å². The summed E-state index contributed by atoms with van der Waals surface area (Å²) < 4.78 is 19.1. The average Bonchev–Trinajstić information content (AvgIpc) is 2.36. The van der Waals surface area contributed by atoms with E-state index in [1.54, 1.807) is 19.1 Å². The molecule has 2 aromatic rings. The molecule has 0 aliphatic rings. The summed E-state index contributed by atoms with van der Waals surface area (Å²) in [5, 5.41) is 9.33. The number of carboxylic acids is 1. The number of carboxylic acid groups (broad SMARTS) is 1. The van der Waals surface area contributed by atoms with Gasteiger partial charge < -0.3 is 9.84 Å². The minimum absolute atomic E-state index is 0.0233. The van der Waals surface area contributed by atoms with E-state index in [2.05, 4.69) is 0 Å². The SMILES string of the molecule is Cc1cccc(Oc2ccc(Cl)cc2C(=O)O)c1F. The Kier molecular flexibility index (Phi) is 3.71. The molecule has 0 aliphatic carbocycles. The Hall–Kier alpha value is -2.07. The lowest BCUT2D eigenvalue weighted by Gasteiger charge is -2.10. The first-order valence-electron chi connectivity index (χ1n) is 5.45. The molecule has 0 saturated carbocycles. The number of carbonyl (C=O) groups is 1. The second-order valence-corrected chi connectivity index (χ2v) is 4.37. The number of ether oxygens (including phenoxy) is 1. The Labute approximate surface area is 114 Å². The summed E-state index contributed by atoms with van der Waals surface area (Å²) in [6, 6.07) is 8.80. The lowest BCUT2D eigenvalue weighted by molar-refractivity contribution is 0.0694. The van der Waals surface area contributed by atoms with Crippen molar-refractivity contribution >= 4 is 17.6 Å². The number of hydrogen-bond acceptors (Lipinski definition) is 2. The van der Waals surface area contributed by atoms with Crippen molar-refractivity contribution in [1.29, 1.82) is 0 Å². The highest BCUT2D eigenvalue weighted by Gasteiger charge is 2.15. The van der Waals surface area contributed by atoms with Crippen LogP contribution in [-0.2, 0) is 0 Å². The first-order chi connectivity index (χ1) is 8.99. The van der Waals surface area contributed by atoms with Crippen LogP contribution in [0, 0.1) is 12.7 Å². The third-order valence-corrected chi connectivity index (χ3v) is 2.78. The van der Waals surface area contributed by atoms with Crippen molar-refractivity contribution in [1.82, 2.24) is 0 Å². The van der Waals surface area contributed by atoms with Crippen molar-refractivity contribution in [3.8, 4) is 11.5 Å². The first-order valence-corrected chi connectivity index (χ1v) is 5.82. The number of benzene rings is 2. The highest BCUT2D eigenvalue weighted by molar-refractivity contribution is 6.31. The summed E-state index contributed by atoms with van der Waals surface area (Å²) in [6.45, 7) is 1.60. The molecule has 2 rings (SSSR count). The zero-order valence-electron chi connectivity index (χ0n) is 9.98. The van der Waals surface area contributed by atoms with E-state index in [4.69, 9.17) is 21.4 Å². The fourth-order valence-electron chi connectivity index (χ4n) is 1.58. The summed E-state index contributed by atoms with van der Waals surface area (Å²) in [6.07, 6.45) is 0. The van der Waals surface area contributed by atoms with Gasteiger partial charge in [0.2, 0.25) is 0 Å². The van der Waals surface area contributed by atoms with Crippen LogP contribution in [0.15, 0.2) is 36.4 Å². The number of halogens is 2. The van der Waals surface area contributed by atoms with Gasteiger partial charge in [-0.15, -0.1) is 0 Å². The molecule has 19 heavy (non-hydrogen) atoms. The Morgan fingerprint density at radius 3 is 2.68 bits per heavy atom. The van der Waals surface area contributed by atoms with E-state index in [1.165, 1.54) is 24.3 Å². The minimum atomic E-state index is -1.19. The molecule has 0 amide bonds. The molecule has 0 fully saturated rings. The quantitative estimate of drug-likeness (QED) is 0.913. The molecule has 0 radical (unpaired) electrons. The maximum absolute atomic E-state index is 13.8. The van der Waals surface area contributed by atoms with Crippen molar-refractivity contribution in [2.75, 3.05) is 0 Å². The van der Waals surface area contributed by atoms with Crippen LogP contribution < -0.4 is 4.74 Å². The van der Waals surface area contributed by atoms with Gasteiger partial charge in [-0.2, -0.15) is 0 Å². The lowest BCUT2D eigenvalue weighted by Crippen LogP contribution is -2.01. The second kappa shape index (κ2) is 5.28. The van der Waals surface area contributed by atoms with Crippen LogP contribution in [0.2, 0.25) is 5.02 Å². The van der Waals surface area contributed by atoms with Crippen molar-refractivity contribution in [3.63, 3.8) is 0 Å². The van der Waals surface area contributed by atoms with Gasteiger partial charge in [0.25, 0.3) is 0 Å². The van der Waals surface area contributed by atoms with Crippen LogP contribution in [0.25, 0.3) is 0 Å². The van der Waals surface area contributed by atoms with Crippen LogP contribution in [0.4, 0.5) is 4.39 Å². The molecule has 3 nitrogen and oxygen atoms in total. The van der Waals surface area contributed by atoms with Gasteiger partial charge in [0, 0.05) is 5.02 Å². The average molecular weight is 281 g/mol. The summed E-state index contributed by atoms with van der Waals surface area (Å²) in [4.78, 5) is 11.1. The molecule has 0 bridgehead atoms. The van der Waals surface area contributed by atoms with E-state index in [9.17, 15) is 9.18 Å². The smallest absolute Gasteiger partial charge is 0.339 e. The molecule has 0 unspecified atom stereocenters. The molecule has 0 spiro atoms. The van der Waals surface area contributed by atoms with Crippen molar-refractivity contribution in [2.45, 2.75) is 6.92 Å². The van der Waals surface area contributed by atoms with Gasteiger partial charge in [0.05, 0.1) is 0 Å². The third-order valence-electron chi connectivity index (χ3n) is 2.55.